The summed E-state index contributed by atoms with van der Waals surface area (Å²) in [5.41, 5.74) is 0. The van der Waals surface area contributed by atoms with Crippen molar-refractivity contribution >= 4 is 0 Å². The molecule has 0 atom stereocenters. The molecule has 0 aromatic carbocycles. The summed E-state index contributed by atoms with van der Waals surface area (Å²) in [7, 11) is 3.88. The van der Waals surface area contributed by atoms with Crippen molar-refractivity contribution in [2.24, 2.45) is 0 Å². The zero-order valence-electron chi connectivity index (χ0n) is 8.18. The molecule has 0 aromatic rings. The van der Waals surface area contributed by atoms with E-state index in [4.69, 9.17) is 4.74 Å². The average molecular weight is 172 g/mol. The highest BCUT2D eigenvalue weighted by Crippen LogP contribution is 2.17. The third-order valence-electron chi connectivity index (χ3n) is 2.18. The maximum atomic E-state index is 4.99. The smallest absolute Gasteiger partial charge is 0.0589 e. The lowest BCUT2D eigenvalue weighted by molar-refractivity contribution is 0.161. The predicted molar refractivity (Wildman–Crippen MR) is 50.4 cm³/mol. The molecule has 1 N–H and O–H groups in total. The van der Waals surface area contributed by atoms with Crippen molar-refractivity contribution in [2.75, 3.05) is 40.4 Å². The molecule has 1 rings (SSSR count). The molecule has 0 saturated heterocycles. The van der Waals surface area contributed by atoms with E-state index in [1.54, 1.807) is 7.11 Å². The summed E-state index contributed by atoms with van der Waals surface area (Å²) in [6.45, 7) is 4.10. The van der Waals surface area contributed by atoms with Crippen molar-refractivity contribution in [3.8, 4) is 0 Å². The van der Waals surface area contributed by atoms with Gasteiger partial charge in [-0.1, -0.05) is 0 Å². The van der Waals surface area contributed by atoms with Crippen LogP contribution in [-0.4, -0.2) is 51.3 Å². The van der Waals surface area contributed by atoms with E-state index in [2.05, 4.69) is 17.3 Å². The van der Waals surface area contributed by atoms with Gasteiger partial charge in [0.15, 0.2) is 0 Å². The standard InChI is InChI=1S/C9H20N2O/c1-11(7-8-12-2)6-5-10-9-3-4-9/h9-10H,3-8H2,1-2H3. The van der Waals surface area contributed by atoms with Crippen LogP contribution in [-0.2, 0) is 4.74 Å². The SMILES string of the molecule is COCCN(C)CCNC1CC1. The molecule has 0 aliphatic heterocycles. The van der Waals surface area contributed by atoms with Crippen molar-refractivity contribution in [1.29, 1.82) is 0 Å². The highest BCUT2D eigenvalue weighted by atomic mass is 16.5. The Morgan fingerprint density at radius 2 is 2.17 bits per heavy atom. The van der Waals surface area contributed by atoms with Gasteiger partial charge in [0.05, 0.1) is 6.61 Å². The first-order valence-corrected chi connectivity index (χ1v) is 4.74. The molecule has 0 spiro atoms. The molecule has 1 aliphatic rings. The molecular weight excluding hydrogens is 152 g/mol. The van der Waals surface area contributed by atoms with E-state index < -0.39 is 0 Å². The van der Waals surface area contributed by atoms with Gasteiger partial charge in [0.25, 0.3) is 0 Å². The fourth-order valence-electron chi connectivity index (χ4n) is 1.11. The van der Waals surface area contributed by atoms with Gasteiger partial charge >= 0.3 is 0 Å². The third-order valence-corrected chi connectivity index (χ3v) is 2.18. The van der Waals surface area contributed by atoms with Crippen LogP contribution < -0.4 is 5.32 Å². The van der Waals surface area contributed by atoms with Crippen molar-refractivity contribution in [3.05, 3.63) is 0 Å². The third kappa shape index (κ3) is 4.70. The minimum absolute atomic E-state index is 0.833. The van der Waals surface area contributed by atoms with E-state index in [1.807, 2.05) is 0 Å². The largest absolute Gasteiger partial charge is 0.383 e. The maximum Gasteiger partial charge on any atom is 0.0589 e. The topological polar surface area (TPSA) is 24.5 Å². The highest BCUT2D eigenvalue weighted by Gasteiger charge is 2.19. The molecule has 0 amide bonds. The van der Waals surface area contributed by atoms with E-state index in [-0.39, 0.29) is 0 Å². The van der Waals surface area contributed by atoms with Crippen molar-refractivity contribution in [3.63, 3.8) is 0 Å². The summed E-state index contributed by atoms with van der Waals surface area (Å²) >= 11 is 0. The molecule has 0 radical (unpaired) electrons. The number of hydrogen-bond donors (Lipinski definition) is 1. The van der Waals surface area contributed by atoms with E-state index in [0.717, 1.165) is 32.3 Å². The molecule has 3 nitrogen and oxygen atoms in total. The summed E-state index contributed by atoms with van der Waals surface area (Å²) in [5, 5.41) is 3.48. The van der Waals surface area contributed by atoms with Crippen LogP contribution in [0, 0.1) is 0 Å². The van der Waals surface area contributed by atoms with Gasteiger partial charge in [0, 0.05) is 32.8 Å². The molecule has 3 heteroatoms. The summed E-state index contributed by atoms with van der Waals surface area (Å²) < 4.78 is 4.99. The number of nitrogens with zero attached hydrogens (tertiary/aromatic N) is 1. The van der Waals surface area contributed by atoms with Crippen LogP contribution in [0.4, 0.5) is 0 Å². The Kier molecular flexibility index (Phi) is 4.58. The quantitative estimate of drug-likeness (QED) is 0.598. The molecule has 1 aliphatic carbocycles. The van der Waals surface area contributed by atoms with Gasteiger partial charge < -0.3 is 15.0 Å². The highest BCUT2D eigenvalue weighted by molar-refractivity contribution is 4.80. The average Bonchev–Trinajstić information content (AvgIpc) is 2.84. The Morgan fingerprint density at radius 3 is 2.75 bits per heavy atom. The van der Waals surface area contributed by atoms with Gasteiger partial charge in [0.2, 0.25) is 0 Å². The lowest BCUT2D eigenvalue weighted by Crippen LogP contribution is -2.32. The zero-order chi connectivity index (χ0) is 8.81. The first-order chi connectivity index (χ1) is 5.83. The van der Waals surface area contributed by atoms with Crippen molar-refractivity contribution < 1.29 is 4.74 Å². The Morgan fingerprint density at radius 1 is 1.42 bits per heavy atom. The van der Waals surface area contributed by atoms with Gasteiger partial charge in [-0.2, -0.15) is 0 Å². The molecule has 0 unspecified atom stereocenters. The van der Waals surface area contributed by atoms with Crippen LogP contribution in [0.2, 0.25) is 0 Å². The minimum Gasteiger partial charge on any atom is -0.383 e. The van der Waals surface area contributed by atoms with Crippen LogP contribution >= 0.6 is 0 Å². The van der Waals surface area contributed by atoms with Crippen molar-refractivity contribution in [1.82, 2.24) is 10.2 Å². The predicted octanol–water partition coefficient (Wildman–Crippen LogP) is 0.317. The Hall–Kier alpha value is -0.120. The maximum absolute atomic E-state index is 4.99. The van der Waals surface area contributed by atoms with Crippen LogP contribution in [0.1, 0.15) is 12.8 Å². The van der Waals surface area contributed by atoms with Gasteiger partial charge in [-0.15, -0.1) is 0 Å². The van der Waals surface area contributed by atoms with Crippen LogP contribution in [0.15, 0.2) is 0 Å². The second kappa shape index (κ2) is 5.51. The lowest BCUT2D eigenvalue weighted by atomic mass is 10.5. The summed E-state index contributed by atoms with van der Waals surface area (Å²) in [6.07, 6.45) is 2.75. The fraction of sp³-hybridized carbons (Fsp3) is 1.00. The Bertz CT molecular complexity index is 115. The molecule has 1 saturated carbocycles. The van der Waals surface area contributed by atoms with Gasteiger partial charge in [-0.25, -0.2) is 0 Å². The van der Waals surface area contributed by atoms with Gasteiger partial charge in [-0.05, 0) is 19.9 Å². The molecular formula is C9H20N2O. The molecule has 1 fully saturated rings. The first-order valence-electron chi connectivity index (χ1n) is 4.74. The number of rotatable bonds is 7. The van der Waals surface area contributed by atoms with Crippen LogP contribution in [0.5, 0.6) is 0 Å². The van der Waals surface area contributed by atoms with Gasteiger partial charge in [0.1, 0.15) is 0 Å². The summed E-state index contributed by atoms with van der Waals surface area (Å²) in [4.78, 5) is 2.29. The Labute approximate surface area is 75.1 Å². The molecule has 72 valence electrons. The normalized spacial score (nSPS) is 17.2. The monoisotopic (exact) mass is 172 g/mol. The summed E-state index contributed by atoms with van der Waals surface area (Å²) in [6, 6.07) is 0.834. The first kappa shape index (κ1) is 9.96. The second-order valence-corrected chi connectivity index (χ2v) is 3.52. The number of nitrogens with one attached hydrogen (secondary N) is 1. The number of methoxy groups -OCH3 is 1. The second-order valence-electron chi connectivity index (χ2n) is 3.52. The lowest BCUT2D eigenvalue weighted by Gasteiger charge is -2.15. The zero-order valence-corrected chi connectivity index (χ0v) is 8.18. The van der Waals surface area contributed by atoms with Gasteiger partial charge in [-0.3, -0.25) is 0 Å². The number of hydrogen-bond acceptors (Lipinski definition) is 3. The van der Waals surface area contributed by atoms with Crippen LogP contribution in [0.25, 0.3) is 0 Å². The number of likely N-dealkylation sites (N-methyl/N-ethyl adjacent to an activating group) is 1. The minimum atomic E-state index is 0.833. The van der Waals surface area contributed by atoms with E-state index >= 15 is 0 Å². The fourth-order valence-corrected chi connectivity index (χ4v) is 1.11. The molecule has 0 bridgehead atoms. The van der Waals surface area contributed by atoms with Crippen LogP contribution in [0.3, 0.4) is 0 Å². The Balaban J connectivity index is 1.83. The summed E-state index contributed by atoms with van der Waals surface area (Å²) in [5.74, 6) is 0. The van der Waals surface area contributed by atoms with E-state index in [0.29, 0.717) is 0 Å². The van der Waals surface area contributed by atoms with E-state index in [9.17, 15) is 0 Å². The number of ether oxygens (including phenoxy) is 1. The molecule has 0 heterocycles. The molecule has 12 heavy (non-hydrogen) atoms. The van der Waals surface area contributed by atoms with Crippen molar-refractivity contribution in [2.45, 2.75) is 18.9 Å². The van der Waals surface area contributed by atoms with E-state index in [1.165, 1.54) is 12.8 Å². The molecule has 0 aromatic heterocycles.